The molecule has 13 heavy (non-hydrogen) atoms. The highest BCUT2D eigenvalue weighted by atomic mass is 32.1. The van der Waals surface area contributed by atoms with E-state index < -0.39 is 0 Å². The highest BCUT2D eigenvalue weighted by Crippen LogP contribution is 2.47. The zero-order valence-corrected chi connectivity index (χ0v) is 8.90. The first-order valence-electron chi connectivity index (χ1n) is 4.75. The molecule has 1 aliphatic carbocycles. The van der Waals surface area contributed by atoms with Gasteiger partial charge in [-0.05, 0) is 37.3 Å². The number of hydrogen-bond donors (Lipinski definition) is 2. The van der Waals surface area contributed by atoms with Crippen molar-refractivity contribution in [3.63, 3.8) is 0 Å². The van der Waals surface area contributed by atoms with Crippen LogP contribution < -0.4 is 11.3 Å². The second-order valence-corrected chi connectivity index (χ2v) is 5.29. The molecule has 3 unspecified atom stereocenters. The monoisotopic (exact) mass is 196 g/mol. The summed E-state index contributed by atoms with van der Waals surface area (Å²) in [5.74, 6) is 7.16. The van der Waals surface area contributed by atoms with Gasteiger partial charge in [0.05, 0.1) is 6.04 Å². The van der Waals surface area contributed by atoms with Gasteiger partial charge in [0.15, 0.2) is 0 Å². The lowest BCUT2D eigenvalue weighted by Gasteiger charge is -2.13. The minimum atomic E-state index is 0.383. The van der Waals surface area contributed by atoms with Gasteiger partial charge < -0.3 is 0 Å². The largest absolute Gasteiger partial charge is 0.271 e. The molecule has 1 fully saturated rings. The normalized spacial score (nSPS) is 28.8. The van der Waals surface area contributed by atoms with Crippen molar-refractivity contribution in [3.8, 4) is 0 Å². The van der Waals surface area contributed by atoms with Gasteiger partial charge in [0.1, 0.15) is 0 Å². The summed E-state index contributed by atoms with van der Waals surface area (Å²) in [7, 11) is 0. The average Bonchev–Trinajstić information content (AvgIpc) is 2.62. The fourth-order valence-electron chi connectivity index (χ4n) is 1.85. The van der Waals surface area contributed by atoms with Crippen LogP contribution in [0.1, 0.15) is 29.1 Å². The van der Waals surface area contributed by atoms with Gasteiger partial charge in [-0.15, -0.1) is 11.3 Å². The van der Waals surface area contributed by atoms with Gasteiger partial charge >= 0.3 is 0 Å². The second kappa shape index (κ2) is 3.40. The van der Waals surface area contributed by atoms with Gasteiger partial charge in [-0.1, -0.05) is 6.92 Å². The summed E-state index contributed by atoms with van der Waals surface area (Å²) in [6.07, 6.45) is 1.31. The van der Waals surface area contributed by atoms with Crippen molar-refractivity contribution in [2.75, 3.05) is 0 Å². The van der Waals surface area contributed by atoms with E-state index in [9.17, 15) is 0 Å². The molecule has 2 nitrogen and oxygen atoms in total. The Kier molecular flexibility index (Phi) is 2.41. The fourth-order valence-corrected chi connectivity index (χ4v) is 2.87. The maximum absolute atomic E-state index is 5.57. The first kappa shape index (κ1) is 9.19. The van der Waals surface area contributed by atoms with Crippen LogP contribution in [0, 0.1) is 18.8 Å². The van der Waals surface area contributed by atoms with Gasteiger partial charge in [0, 0.05) is 9.75 Å². The van der Waals surface area contributed by atoms with E-state index in [0.717, 1.165) is 11.8 Å². The van der Waals surface area contributed by atoms with Crippen molar-refractivity contribution in [3.05, 3.63) is 21.9 Å². The lowest BCUT2D eigenvalue weighted by atomic mass is 10.1. The van der Waals surface area contributed by atoms with Crippen molar-refractivity contribution in [2.24, 2.45) is 17.7 Å². The number of thiophene rings is 1. The van der Waals surface area contributed by atoms with E-state index in [1.165, 1.54) is 16.2 Å². The van der Waals surface area contributed by atoms with E-state index in [-0.39, 0.29) is 0 Å². The van der Waals surface area contributed by atoms with E-state index in [1.54, 1.807) is 0 Å². The summed E-state index contributed by atoms with van der Waals surface area (Å²) in [5, 5.41) is 0. The van der Waals surface area contributed by atoms with Gasteiger partial charge in [-0.25, -0.2) is 0 Å². The van der Waals surface area contributed by atoms with E-state index in [1.807, 2.05) is 11.3 Å². The Balaban J connectivity index is 2.13. The quantitative estimate of drug-likeness (QED) is 0.574. The Morgan fingerprint density at radius 2 is 2.31 bits per heavy atom. The molecule has 0 spiro atoms. The summed E-state index contributed by atoms with van der Waals surface area (Å²) in [4.78, 5) is 2.75. The van der Waals surface area contributed by atoms with Crippen LogP contribution in [-0.2, 0) is 0 Å². The number of rotatable bonds is 3. The van der Waals surface area contributed by atoms with E-state index in [0.29, 0.717) is 6.04 Å². The molecule has 2 rings (SSSR count). The van der Waals surface area contributed by atoms with Crippen molar-refractivity contribution >= 4 is 11.3 Å². The lowest BCUT2D eigenvalue weighted by Crippen LogP contribution is -2.29. The topological polar surface area (TPSA) is 38.0 Å². The number of aryl methyl sites for hydroxylation is 1. The lowest BCUT2D eigenvalue weighted by molar-refractivity contribution is 0.483. The molecule has 1 aliphatic rings. The van der Waals surface area contributed by atoms with Crippen LogP contribution in [-0.4, -0.2) is 0 Å². The number of hydrazine groups is 1. The minimum Gasteiger partial charge on any atom is -0.271 e. The van der Waals surface area contributed by atoms with Crippen LogP contribution in [0.3, 0.4) is 0 Å². The van der Waals surface area contributed by atoms with E-state index in [4.69, 9.17) is 5.84 Å². The minimum absolute atomic E-state index is 0.383. The number of hydrogen-bond acceptors (Lipinski definition) is 3. The fraction of sp³-hybridized carbons (Fsp3) is 0.600. The maximum Gasteiger partial charge on any atom is 0.0584 e. The molecule has 0 bridgehead atoms. The molecule has 1 saturated carbocycles. The van der Waals surface area contributed by atoms with Crippen LogP contribution in [0.25, 0.3) is 0 Å². The molecule has 1 heterocycles. The smallest absolute Gasteiger partial charge is 0.0584 e. The van der Waals surface area contributed by atoms with E-state index in [2.05, 4.69) is 31.4 Å². The standard InChI is InChI=1S/C10H16N2S/c1-6-5-8(6)10(12-11)9-4-3-7(2)13-9/h3-4,6,8,10,12H,5,11H2,1-2H3. The zero-order valence-electron chi connectivity index (χ0n) is 8.08. The second-order valence-electron chi connectivity index (χ2n) is 3.97. The van der Waals surface area contributed by atoms with Gasteiger partial charge in [-0.3, -0.25) is 11.3 Å². The zero-order chi connectivity index (χ0) is 9.42. The average molecular weight is 196 g/mol. The maximum atomic E-state index is 5.57. The first-order valence-corrected chi connectivity index (χ1v) is 5.56. The summed E-state index contributed by atoms with van der Waals surface area (Å²) in [6.45, 7) is 4.42. The Bertz CT molecular complexity index is 295. The molecule has 0 aromatic carbocycles. The van der Waals surface area contributed by atoms with Crippen molar-refractivity contribution in [2.45, 2.75) is 26.3 Å². The molecular formula is C10H16N2S. The Labute approximate surface area is 83.1 Å². The van der Waals surface area contributed by atoms with Crippen LogP contribution in [0.2, 0.25) is 0 Å². The van der Waals surface area contributed by atoms with Crippen molar-refractivity contribution in [1.29, 1.82) is 0 Å². The summed E-state index contributed by atoms with van der Waals surface area (Å²) in [6, 6.07) is 4.74. The summed E-state index contributed by atoms with van der Waals surface area (Å²) < 4.78 is 0. The highest BCUT2D eigenvalue weighted by molar-refractivity contribution is 7.12. The third-order valence-corrected chi connectivity index (χ3v) is 3.93. The highest BCUT2D eigenvalue weighted by Gasteiger charge is 2.40. The van der Waals surface area contributed by atoms with Gasteiger partial charge in [0.2, 0.25) is 0 Å². The molecule has 0 saturated heterocycles. The first-order chi connectivity index (χ1) is 6.22. The van der Waals surface area contributed by atoms with Crippen LogP contribution in [0.15, 0.2) is 12.1 Å². The molecule has 0 amide bonds. The molecule has 1 aromatic rings. The predicted molar refractivity (Wildman–Crippen MR) is 56.4 cm³/mol. The van der Waals surface area contributed by atoms with Crippen LogP contribution in [0.5, 0.6) is 0 Å². The summed E-state index contributed by atoms with van der Waals surface area (Å²) in [5.41, 5.74) is 2.93. The van der Waals surface area contributed by atoms with Crippen LogP contribution >= 0.6 is 11.3 Å². The third kappa shape index (κ3) is 1.77. The predicted octanol–water partition coefficient (Wildman–Crippen LogP) is 2.22. The third-order valence-electron chi connectivity index (χ3n) is 2.85. The van der Waals surface area contributed by atoms with Crippen LogP contribution in [0.4, 0.5) is 0 Å². The Hall–Kier alpha value is -0.380. The molecular weight excluding hydrogens is 180 g/mol. The number of nitrogens with one attached hydrogen (secondary N) is 1. The molecule has 3 atom stereocenters. The van der Waals surface area contributed by atoms with Crippen molar-refractivity contribution in [1.82, 2.24) is 5.43 Å². The number of nitrogens with two attached hydrogens (primary N) is 1. The van der Waals surface area contributed by atoms with Gasteiger partial charge in [0.25, 0.3) is 0 Å². The molecule has 3 N–H and O–H groups in total. The molecule has 1 aromatic heterocycles. The Morgan fingerprint density at radius 3 is 2.69 bits per heavy atom. The summed E-state index contributed by atoms with van der Waals surface area (Å²) >= 11 is 1.85. The molecule has 72 valence electrons. The Morgan fingerprint density at radius 1 is 1.62 bits per heavy atom. The molecule has 3 heteroatoms. The molecule has 0 radical (unpaired) electrons. The van der Waals surface area contributed by atoms with Gasteiger partial charge in [-0.2, -0.15) is 0 Å². The molecule has 0 aliphatic heterocycles. The van der Waals surface area contributed by atoms with E-state index >= 15 is 0 Å². The SMILES string of the molecule is Cc1ccc(C(NN)C2CC2C)s1. The van der Waals surface area contributed by atoms with Crippen molar-refractivity contribution < 1.29 is 0 Å².